The van der Waals surface area contributed by atoms with Crippen LogP contribution in [0.3, 0.4) is 0 Å². The van der Waals surface area contributed by atoms with E-state index in [2.05, 4.69) is 49.0 Å². The van der Waals surface area contributed by atoms with Crippen molar-refractivity contribution in [1.29, 1.82) is 0 Å². The Morgan fingerprint density at radius 3 is 2.11 bits per heavy atom. The van der Waals surface area contributed by atoms with Crippen molar-refractivity contribution >= 4 is 33.6 Å². The van der Waals surface area contributed by atoms with Crippen molar-refractivity contribution in [2.75, 3.05) is 19.0 Å². The van der Waals surface area contributed by atoms with Crippen LogP contribution in [0.1, 0.15) is 45.1 Å². The number of benzene rings is 4. The van der Waals surface area contributed by atoms with E-state index < -0.39 is 18.0 Å². The van der Waals surface area contributed by atoms with E-state index in [1.807, 2.05) is 98.8 Å². The van der Waals surface area contributed by atoms with Crippen molar-refractivity contribution in [2.24, 2.45) is 0 Å². The average Bonchev–Trinajstić information content (AvgIpc) is 3.70. The Balaban J connectivity index is 1.13. The van der Waals surface area contributed by atoms with E-state index in [9.17, 15) is 14.4 Å². The van der Waals surface area contributed by atoms with Gasteiger partial charge in [-0.3, -0.25) is 9.59 Å². The molecule has 0 bridgehead atoms. The summed E-state index contributed by atoms with van der Waals surface area (Å²) in [6, 6.07) is 30.0. The number of fused-ring (bicyclic) bond motifs is 3. The summed E-state index contributed by atoms with van der Waals surface area (Å²) in [5.74, 6) is -0.0118. The van der Waals surface area contributed by atoms with Crippen molar-refractivity contribution in [3.8, 4) is 22.6 Å². The number of methoxy groups -OCH3 is 1. The van der Waals surface area contributed by atoms with Crippen LogP contribution in [-0.4, -0.2) is 51.3 Å². The summed E-state index contributed by atoms with van der Waals surface area (Å²) >= 11 is 3.56. The number of hydrogen-bond donors (Lipinski definition) is 2. The first-order valence-corrected chi connectivity index (χ1v) is 18.3. The Kier molecular flexibility index (Phi) is 10.5. The summed E-state index contributed by atoms with van der Waals surface area (Å²) < 4.78 is 15.0. The highest BCUT2D eigenvalue weighted by atomic mass is 79.9. The smallest absolute Gasteiger partial charge is 0.407 e. The third-order valence-corrected chi connectivity index (χ3v) is 10.7. The van der Waals surface area contributed by atoms with Gasteiger partial charge in [-0.05, 0) is 99.9 Å². The summed E-state index contributed by atoms with van der Waals surface area (Å²) in [5.41, 5.74) is 8.86. The Hall–Kier alpha value is -6.01. The number of anilines is 1. The van der Waals surface area contributed by atoms with Crippen LogP contribution in [0.2, 0.25) is 0 Å². The van der Waals surface area contributed by atoms with E-state index in [0.717, 1.165) is 50.5 Å². The first kappa shape index (κ1) is 36.4. The van der Waals surface area contributed by atoms with Gasteiger partial charge >= 0.3 is 6.09 Å². The van der Waals surface area contributed by atoms with Crippen molar-refractivity contribution in [2.45, 2.75) is 45.7 Å². The number of rotatable bonds is 11. The molecule has 0 unspecified atom stereocenters. The summed E-state index contributed by atoms with van der Waals surface area (Å²) in [4.78, 5) is 41.5. The van der Waals surface area contributed by atoms with Crippen LogP contribution in [0, 0.1) is 20.8 Å². The van der Waals surface area contributed by atoms with Gasteiger partial charge in [-0.25, -0.2) is 9.48 Å². The number of carbonyl (C=O) groups excluding carboxylic acids is 2. The fourth-order valence-corrected chi connectivity index (χ4v) is 7.21. The minimum atomic E-state index is -1.09. The van der Waals surface area contributed by atoms with Gasteiger partial charge in [-0.2, -0.15) is 0 Å². The summed E-state index contributed by atoms with van der Waals surface area (Å²) in [5, 5.41) is 14.0. The molecule has 1 aliphatic carbocycles. The maximum Gasteiger partial charge on any atom is 0.407 e. The van der Waals surface area contributed by atoms with Crippen LogP contribution in [0.15, 0.2) is 113 Å². The zero-order chi connectivity index (χ0) is 37.9. The number of aromatic nitrogens is 4. The average molecular weight is 788 g/mol. The van der Waals surface area contributed by atoms with Gasteiger partial charge in [0, 0.05) is 23.0 Å². The van der Waals surface area contributed by atoms with Crippen LogP contribution in [0.25, 0.3) is 16.8 Å². The maximum absolute atomic E-state index is 14.2. The van der Waals surface area contributed by atoms with Crippen molar-refractivity contribution in [3.63, 3.8) is 0 Å². The lowest BCUT2D eigenvalue weighted by Crippen LogP contribution is -2.46. The molecule has 1 atom stereocenters. The molecule has 11 nitrogen and oxygen atoms in total. The van der Waals surface area contributed by atoms with Gasteiger partial charge in [0.2, 0.25) is 5.91 Å². The number of aryl methyl sites for hydroxylation is 1. The fraction of sp³-hybridized carbons (Fsp3) is 0.214. The van der Waals surface area contributed by atoms with Gasteiger partial charge in [0.05, 0.1) is 30.7 Å². The number of pyridine rings is 1. The number of nitrogens with zero attached hydrogens (tertiary/aromatic N) is 4. The van der Waals surface area contributed by atoms with E-state index in [4.69, 9.17) is 9.47 Å². The van der Waals surface area contributed by atoms with Crippen LogP contribution in [-0.2, 0) is 22.5 Å². The molecule has 0 fully saturated rings. The van der Waals surface area contributed by atoms with Crippen LogP contribution >= 0.6 is 15.9 Å². The number of amides is 2. The molecule has 2 amide bonds. The van der Waals surface area contributed by atoms with Crippen LogP contribution < -0.4 is 20.9 Å². The molecule has 2 N–H and O–H groups in total. The largest absolute Gasteiger partial charge is 0.497 e. The van der Waals surface area contributed by atoms with Gasteiger partial charge in [0.1, 0.15) is 24.1 Å². The second-order valence-electron chi connectivity index (χ2n) is 13.3. The molecule has 0 saturated heterocycles. The maximum atomic E-state index is 14.2. The molecular formula is C42H39BrN6O5. The molecule has 54 heavy (non-hydrogen) atoms. The summed E-state index contributed by atoms with van der Waals surface area (Å²) in [6.45, 7) is 5.94. The van der Waals surface area contributed by atoms with Crippen molar-refractivity contribution < 1.29 is 19.1 Å². The number of nitrogens with one attached hydrogen (secondary N) is 2. The highest BCUT2D eigenvalue weighted by Gasteiger charge is 2.30. The van der Waals surface area contributed by atoms with E-state index in [1.54, 1.807) is 24.9 Å². The third kappa shape index (κ3) is 7.42. The highest BCUT2D eigenvalue weighted by molar-refractivity contribution is 9.10. The molecule has 0 aliphatic heterocycles. The lowest BCUT2D eigenvalue weighted by molar-refractivity contribution is -0.118. The summed E-state index contributed by atoms with van der Waals surface area (Å²) in [7, 11) is 1.59. The standard InChI is InChI=1S/C42H39BrN6O5/c1-25-37(43)23-48(22-29-15-19-31(53-4)20-16-29)41(51)39(25)45-40(50)38(21-28-13-17-30(18-14-28)49-27(3)26(2)46-47-49)44-42(52)54-24-36-34-11-7-5-9-32(34)33-10-6-8-12-35(33)36/h5-20,23,36,38H,21-22,24H2,1-4H3,(H,44,52)(H,45,50)/t38-/m0/s1. The van der Waals surface area contributed by atoms with E-state index in [1.165, 1.54) is 4.57 Å². The molecule has 7 rings (SSSR count). The normalized spacial score (nSPS) is 12.5. The number of ether oxygens (including phenoxy) is 2. The second-order valence-corrected chi connectivity index (χ2v) is 14.2. The Morgan fingerprint density at radius 2 is 1.50 bits per heavy atom. The molecule has 12 heteroatoms. The topological polar surface area (TPSA) is 129 Å². The molecule has 274 valence electrons. The van der Waals surface area contributed by atoms with Gasteiger partial charge < -0.3 is 24.7 Å². The van der Waals surface area contributed by atoms with Crippen LogP contribution in [0.4, 0.5) is 10.5 Å². The molecule has 2 heterocycles. The van der Waals surface area contributed by atoms with Crippen molar-refractivity contribution in [3.05, 3.63) is 157 Å². The first-order valence-electron chi connectivity index (χ1n) is 17.5. The quantitative estimate of drug-likeness (QED) is 0.142. The Morgan fingerprint density at radius 1 is 0.870 bits per heavy atom. The first-order chi connectivity index (χ1) is 26.1. The SMILES string of the molecule is COc1ccc(Cn2cc(Br)c(C)c(NC(=O)[C@H](Cc3ccc(-n4nnc(C)c4C)cc3)NC(=O)OCC3c4ccccc4-c4ccccc43)c2=O)cc1. The minimum absolute atomic E-state index is 0.0837. The monoisotopic (exact) mass is 786 g/mol. The van der Waals surface area contributed by atoms with E-state index >= 15 is 0 Å². The van der Waals surface area contributed by atoms with E-state index in [0.29, 0.717) is 15.8 Å². The van der Waals surface area contributed by atoms with Gasteiger partial charge in [-0.1, -0.05) is 78.0 Å². The number of hydrogen-bond acceptors (Lipinski definition) is 7. The molecule has 2 aromatic heterocycles. The van der Waals surface area contributed by atoms with Crippen molar-refractivity contribution in [1.82, 2.24) is 24.9 Å². The number of halogens is 1. The minimum Gasteiger partial charge on any atom is -0.497 e. The molecule has 0 spiro atoms. The molecule has 1 aliphatic rings. The summed E-state index contributed by atoms with van der Waals surface area (Å²) in [6.07, 6.45) is 1.08. The predicted octanol–water partition coefficient (Wildman–Crippen LogP) is 7.26. The van der Waals surface area contributed by atoms with Gasteiger partial charge in [0.15, 0.2) is 0 Å². The zero-order valence-corrected chi connectivity index (χ0v) is 31.9. The Bertz CT molecular complexity index is 2360. The van der Waals surface area contributed by atoms with Gasteiger partial charge in [-0.15, -0.1) is 5.10 Å². The van der Waals surface area contributed by atoms with Crippen LogP contribution in [0.5, 0.6) is 5.75 Å². The lowest BCUT2D eigenvalue weighted by Gasteiger charge is -2.21. The zero-order valence-electron chi connectivity index (χ0n) is 30.3. The Labute approximate surface area is 321 Å². The third-order valence-electron chi connectivity index (χ3n) is 9.94. The highest BCUT2D eigenvalue weighted by Crippen LogP contribution is 2.44. The fourth-order valence-electron chi connectivity index (χ4n) is 6.77. The lowest BCUT2D eigenvalue weighted by atomic mass is 9.98. The van der Waals surface area contributed by atoms with Gasteiger partial charge in [0.25, 0.3) is 5.56 Å². The molecule has 0 saturated carbocycles. The van der Waals surface area contributed by atoms with E-state index in [-0.39, 0.29) is 36.7 Å². The molecule has 6 aromatic rings. The number of carbonyl (C=O) groups is 2. The molecular weight excluding hydrogens is 748 g/mol. The number of alkyl carbamates (subject to hydrolysis) is 1. The predicted molar refractivity (Wildman–Crippen MR) is 210 cm³/mol. The molecule has 4 aromatic carbocycles. The molecule has 0 radical (unpaired) electrons. The second kappa shape index (κ2) is 15.5.